The third-order valence-corrected chi connectivity index (χ3v) is 5.63. The summed E-state index contributed by atoms with van der Waals surface area (Å²) < 4.78 is 1.67. The molecule has 29 heavy (non-hydrogen) atoms. The molecule has 0 fully saturated rings. The highest BCUT2D eigenvalue weighted by molar-refractivity contribution is 6.38. The number of aryl methyl sites for hydroxylation is 1. The van der Waals surface area contributed by atoms with E-state index in [4.69, 9.17) is 11.6 Å². The lowest BCUT2D eigenvalue weighted by Crippen LogP contribution is -2.34. The van der Waals surface area contributed by atoms with E-state index in [9.17, 15) is 4.79 Å². The maximum Gasteiger partial charge on any atom is 0.253 e. The van der Waals surface area contributed by atoms with Crippen LogP contribution >= 0.6 is 11.6 Å². The zero-order valence-corrected chi connectivity index (χ0v) is 16.7. The highest BCUT2D eigenvalue weighted by atomic mass is 35.5. The number of halogens is 1. The van der Waals surface area contributed by atoms with Gasteiger partial charge in [0.25, 0.3) is 5.91 Å². The van der Waals surface area contributed by atoms with Gasteiger partial charge in [-0.25, -0.2) is 4.68 Å². The van der Waals surface area contributed by atoms with Crippen LogP contribution in [0.2, 0.25) is 5.02 Å². The summed E-state index contributed by atoms with van der Waals surface area (Å²) in [6.45, 7) is 0.715. The average molecular weight is 408 g/mol. The first-order valence-electron chi connectivity index (χ1n) is 9.19. The summed E-state index contributed by atoms with van der Waals surface area (Å²) in [6.07, 6.45) is 2.51. The molecule has 3 heterocycles. The van der Waals surface area contributed by atoms with E-state index in [-0.39, 0.29) is 5.91 Å². The number of carbonyl (C=O) groups is 1. The molecule has 2 aromatic heterocycles. The molecule has 2 N–H and O–H groups in total. The molecule has 0 atom stereocenters. The Hall–Kier alpha value is -3.39. The number of anilines is 2. The Balaban J connectivity index is 1.47. The zero-order valence-electron chi connectivity index (χ0n) is 15.9. The van der Waals surface area contributed by atoms with Crippen molar-refractivity contribution >= 4 is 40.0 Å². The molecular formula is C20H18ClN7O. The van der Waals surface area contributed by atoms with Crippen molar-refractivity contribution < 1.29 is 4.79 Å². The van der Waals surface area contributed by atoms with Crippen molar-refractivity contribution in [3.63, 3.8) is 0 Å². The second-order valence-electron chi connectivity index (χ2n) is 7.11. The smallest absolute Gasteiger partial charge is 0.253 e. The Morgan fingerprint density at radius 1 is 1.21 bits per heavy atom. The van der Waals surface area contributed by atoms with Crippen molar-refractivity contribution in [1.82, 2.24) is 29.9 Å². The van der Waals surface area contributed by atoms with E-state index in [1.165, 1.54) is 0 Å². The highest BCUT2D eigenvalue weighted by Gasteiger charge is 2.22. The summed E-state index contributed by atoms with van der Waals surface area (Å²) in [6, 6.07) is 9.53. The number of amides is 1. The number of fused-ring (bicyclic) bond motifs is 2. The van der Waals surface area contributed by atoms with Gasteiger partial charge in [-0.05, 0) is 36.2 Å². The normalized spacial score (nSPS) is 13.8. The van der Waals surface area contributed by atoms with Gasteiger partial charge < -0.3 is 10.2 Å². The predicted molar refractivity (Wildman–Crippen MR) is 111 cm³/mol. The number of carbonyl (C=O) groups excluding carboxylic acids is 1. The molecule has 0 radical (unpaired) electrons. The fourth-order valence-corrected chi connectivity index (χ4v) is 3.82. The third-order valence-electron chi connectivity index (χ3n) is 5.23. The Morgan fingerprint density at radius 3 is 2.93 bits per heavy atom. The van der Waals surface area contributed by atoms with E-state index in [0.717, 1.165) is 39.7 Å². The lowest BCUT2D eigenvalue weighted by Gasteiger charge is -2.24. The molecule has 0 spiro atoms. The maximum absolute atomic E-state index is 12.3. The van der Waals surface area contributed by atoms with Crippen molar-refractivity contribution in [3.05, 3.63) is 52.7 Å². The standard InChI is InChI=1S/C20H18ClN7O/c1-27-8-7-11-9-12(3-4-13(11)19(27)29)18-24-20(28(2)26-18)23-16-6-5-15-14(17(16)21)10-22-25-15/h3-6,9-10H,7-8H2,1-2H3,(H,22,25)(H,23,24,26). The van der Waals surface area contributed by atoms with Crippen LogP contribution in [0.15, 0.2) is 36.5 Å². The molecule has 0 aliphatic carbocycles. The molecule has 5 rings (SSSR count). The molecule has 4 aromatic rings. The largest absolute Gasteiger partial charge is 0.341 e. The fraction of sp³-hybridized carbons (Fsp3) is 0.200. The van der Waals surface area contributed by atoms with Crippen LogP contribution in [0.5, 0.6) is 0 Å². The first-order valence-corrected chi connectivity index (χ1v) is 9.57. The number of hydrogen-bond donors (Lipinski definition) is 2. The van der Waals surface area contributed by atoms with Gasteiger partial charge in [-0.15, -0.1) is 5.10 Å². The van der Waals surface area contributed by atoms with Gasteiger partial charge in [-0.1, -0.05) is 17.7 Å². The second-order valence-corrected chi connectivity index (χ2v) is 7.49. The van der Waals surface area contributed by atoms with Crippen LogP contribution in [-0.4, -0.2) is 49.4 Å². The van der Waals surface area contributed by atoms with E-state index in [0.29, 0.717) is 23.3 Å². The number of nitrogens with zero attached hydrogens (tertiary/aromatic N) is 5. The molecule has 2 aromatic carbocycles. The Bertz CT molecular complexity index is 1260. The summed E-state index contributed by atoms with van der Waals surface area (Å²) in [7, 11) is 3.64. The van der Waals surface area contributed by atoms with E-state index in [1.54, 1.807) is 15.8 Å². The van der Waals surface area contributed by atoms with Gasteiger partial charge in [0.1, 0.15) is 0 Å². The van der Waals surface area contributed by atoms with E-state index >= 15 is 0 Å². The summed E-state index contributed by atoms with van der Waals surface area (Å²) in [5.74, 6) is 1.21. The predicted octanol–water partition coefficient (Wildman–Crippen LogP) is 3.38. The SMILES string of the molecule is CN1CCc2cc(-c3nc(Nc4ccc5[nH]ncc5c4Cl)n(C)n3)ccc2C1=O. The first-order chi connectivity index (χ1) is 14.0. The second kappa shape index (κ2) is 6.59. The first kappa shape index (κ1) is 17.7. The number of nitrogens with one attached hydrogen (secondary N) is 2. The summed E-state index contributed by atoms with van der Waals surface area (Å²) in [4.78, 5) is 18.7. The number of H-pyrrole nitrogens is 1. The lowest BCUT2D eigenvalue weighted by atomic mass is 9.97. The van der Waals surface area contributed by atoms with Crippen LogP contribution < -0.4 is 5.32 Å². The lowest BCUT2D eigenvalue weighted by molar-refractivity contribution is 0.0781. The highest BCUT2D eigenvalue weighted by Crippen LogP contribution is 2.32. The topological polar surface area (TPSA) is 91.7 Å². The van der Waals surface area contributed by atoms with Crippen molar-refractivity contribution in [2.75, 3.05) is 18.9 Å². The van der Waals surface area contributed by atoms with Gasteiger partial charge in [0, 0.05) is 37.2 Å². The molecule has 1 aliphatic rings. The number of benzene rings is 2. The molecule has 146 valence electrons. The molecule has 8 nitrogen and oxygen atoms in total. The molecule has 9 heteroatoms. The summed E-state index contributed by atoms with van der Waals surface area (Å²) >= 11 is 6.50. The van der Waals surface area contributed by atoms with Gasteiger partial charge in [0.2, 0.25) is 5.95 Å². The molecule has 0 bridgehead atoms. The Morgan fingerprint density at radius 2 is 2.07 bits per heavy atom. The van der Waals surface area contributed by atoms with Crippen molar-refractivity contribution in [2.24, 2.45) is 7.05 Å². The summed E-state index contributed by atoms with van der Waals surface area (Å²) in [5.41, 5.74) is 4.24. The fourth-order valence-electron chi connectivity index (χ4n) is 3.56. The minimum Gasteiger partial charge on any atom is -0.341 e. The van der Waals surface area contributed by atoms with Gasteiger partial charge in [0.05, 0.1) is 22.4 Å². The average Bonchev–Trinajstić information content (AvgIpc) is 3.34. The van der Waals surface area contributed by atoms with Crippen LogP contribution in [0.3, 0.4) is 0 Å². The van der Waals surface area contributed by atoms with E-state index in [2.05, 4.69) is 25.6 Å². The van der Waals surface area contributed by atoms with Crippen molar-refractivity contribution in [3.8, 4) is 11.4 Å². The van der Waals surface area contributed by atoms with Crippen LogP contribution in [-0.2, 0) is 13.5 Å². The number of likely N-dealkylation sites (N-methyl/N-ethyl adjacent to an activating group) is 1. The molecule has 1 amide bonds. The van der Waals surface area contributed by atoms with Gasteiger partial charge in [0.15, 0.2) is 5.82 Å². The molecule has 1 aliphatic heterocycles. The summed E-state index contributed by atoms with van der Waals surface area (Å²) in [5, 5.41) is 16.1. The van der Waals surface area contributed by atoms with Crippen LogP contribution in [0.25, 0.3) is 22.3 Å². The van der Waals surface area contributed by atoms with E-state index in [1.807, 2.05) is 44.4 Å². The van der Waals surface area contributed by atoms with Gasteiger partial charge >= 0.3 is 0 Å². The minimum atomic E-state index is 0.0541. The zero-order chi connectivity index (χ0) is 20.1. The number of aromatic amines is 1. The van der Waals surface area contributed by atoms with Crippen molar-refractivity contribution in [1.29, 1.82) is 0 Å². The van der Waals surface area contributed by atoms with E-state index < -0.39 is 0 Å². The molecule has 0 unspecified atom stereocenters. The van der Waals surface area contributed by atoms with Crippen LogP contribution in [0, 0.1) is 0 Å². The number of hydrogen-bond acceptors (Lipinski definition) is 5. The van der Waals surface area contributed by atoms with Crippen LogP contribution in [0.1, 0.15) is 15.9 Å². The van der Waals surface area contributed by atoms with Gasteiger partial charge in [-0.2, -0.15) is 10.1 Å². The Kier molecular flexibility index (Phi) is 4.02. The number of aromatic nitrogens is 5. The quantitative estimate of drug-likeness (QED) is 0.543. The maximum atomic E-state index is 12.3. The monoisotopic (exact) mass is 407 g/mol. The molecule has 0 saturated heterocycles. The van der Waals surface area contributed by atoms with Gasteiger partial charge in [-0.3, -0.25) is 9.89 Å². The van der Waals surface area contributed by atoms with Crippen molar-refractivity contribution in [2.45, 2.75) is 6.42 Å². The number of rotatable bonds is 3. The minimum absolute atomic E-state index is 0.0541. The molecule has 0 saturated carbocycles. The van der Waals surface area contributed by atoms with Crippen LogP contribution in [0.4, 0.5) is 11.6 Å². The Labute approximate surface area is 171 Å². The molecular weight excluding hydrogens is 390 g/mol. The third kappa shape index (κ3) is 2.92.